The summed E-state index contributed by atoms with van der Waals surface area (Å²) in [6.45, 7) is 11.5. The summed E-state index contributed by atoms with van der Waals surface area (Å²) in [5, 5.41) is 27.0. The molecule has 2 rings (SSSR count). The molecule has 0 aliphatic carbocycles. The monoisotopic (exact) mass is 519 g/mol. The van der Waals surface area contributed by atoms with Gasteiger partial charge in [0.25, 0.3) is 0 Å². The number of aryl methyl sites for hydroxylation is 1. The fourth-order valence-corrected chi connectivity index (χ4v) is 4.06. The zero-order chi connectivity index (χ0) is 26.2. The molecule has 1 aromatic heterocycles. The lowest BCUT2D eigenvalue weighted by atomic mass is 10.1. The van der Waals surface area contributed by atoms with Gasteiger partial charge in [-0.05, 0) is 44.5 Å². The number of aliphatic hydroxyl groups excluding tert-OH is 1. The van der Waals surface area contributed by atoms with E-state index >= 15 is 0 Å². The fraction of sp³-hybridized carbons (Fsp3) is 0.560. The molecule has 0 bridgehead atoms. The van der Waals surface area contributed by atoms with Crippen LogP contribution in [0.4, 0.5) is 22.1 Å². The minimum absolute atomic E-state index is 0.0243. The molecule has 1 aromatic carbocycles. The summed E-state index contributed by atoms with van der Waals surface area (Å²) in [7, 11) is 0. The summed E-state index contributed by atoms with van der Waals surface area (Å²) in [6.07, 6.45) is 0. The van der Waals surface area contributed by atoms with Gasteiger partial charge in [0.1, 0.15) is 10.9 Å². The van der Waals surface area contributed by atoms with Crippen LogP contribution in [0.3, 0.4) is 0 Å². The minimum atomic E-state index is 0.0243. The Balaban J connectivity index is 1.70. The van der Waals surface area contributed by atoms with E-state index in [0.717, 1.165) is 35.6 Å². The van der Waals surface area contributed by atoms with Gasteiger partial charge >= 0.3 is 0 Å². The summed E-state index contributed by atoms with van der Waals surface area (Å²) in [5.41, 5.74) is 10.2. The number of ether oxygens (including phenoxy) is 4. The molecule has 0 aliphatic heterocycles. The number of likely N-dealkylation sites (N-methyl/N-ethyl adjacent to an activating group) is 1. The van der Waals surface area contributed by atoms with Crippen LogP contribution in [-0.4, -0.2) is 77.7 Å². The third kappa shape index (κ3) is 9.81. The summed E-state index contributed by atoms with van der Waals surface area (Å²) < 4.78 is 21.7. The maximum atomic E-state index is 9.16. The molecule has 0 saturated carbocycles. The van der Waals surface area contributed by atoms with Gasteiger partial charge < -0.3 is 34.7 Å². The Morgan fingerprint density at radius 3 is 2.11 bits per heavy atom. The van der Waals surface area contributed by atoms with Crippen molar-refractivity contribution in [3.63, 3.8) is 0 Å². The minimum Gasteiger partial charge on any atom is -0.396 e. The molecule has 0 fully saturated rings. The van der Waals surface area contributed by atoms with Crippen LogP contribution in [0.1, 0.15) is 22.9 Å². The summed E-state index contributed by atoms with van der Waals surface area (Å²) >= 11 is 1.25. The SMILES string of the molecule is CCN(CCOCCOCCOCCOCCO)c1ccc(/N=N/c2sc(C#N)c(C)c2N)c(C)c1. The maximum absolute atomic E-state index is 9.16. The van der Waals surface area contributed by atoms with E-state index in [-0.39, 0.29) is 6.61 Å². The second-order valence-electron chi connectivity index (χ2n) is 7.81. The van der Waals surface area contributed by atoms with E-state index in [1.165, 1.54) is 11.3 Å². The van der Waals surface area contributed by atoms with Crippen molar-refractivity contribution >= 4 is 33.4 Å². The van der Waals surface area contributed by atoms with E-state index in [1.807, 2.05) is 26.0 Å². The molecular weight excluding hydrogens is 482 g/mol. The first-order valence-electron chi connectivity index (χ1n) is 12.0. The first-order chi connectivity index (χ1) is 17.5. The van der Waals surface area contributed by atoms with Crippen molar-refractivity contribution in [2.24, 2.45) is 10.2 Å². The number of rotatable bonds is 18. The van der Waals surface area contributed by atoms with Crippen molar-refractivity contribution < 1.29 is 24.1 Å². The number of thiophene rings is 1. The molecule has 0 aliphatic rings. The first kappa shape index (κ1) is 29.6. The predicted molar refractivity (Wildman–Crippen MR) is 142 cm³/mol. The first-order valence-corrected chi connectivity index (χ1v) is 12.8. The molecule has 2 aromatic rings. The standard InChI is InChI=1S/C25H37N5O5S/c1-4-30(7-9-32-11-13-34-15-16-35-14-12-33-10-8-31)21-5-6-22(19(2)17-21)28-29-25-24(27)20(3)23(18-26)36-25/h5-6,17,31H,4,7-16,27H2,1-3H3/b29-28+. The van der Waals surface area contributed by atoms with Crippen molar-refractivity contribution in [1.82, 2.24) is 0 Å². The van der Waals surface area contributed by atoms with Gasteiger partial charge in [0.15, 0.2) is 5.00 Å². The molecule has 1 heterocycles. The van der Waals surface area contributed by atoms with Crippen LogP contribution in [-0.2, 0) is 18.9 Å². The van der Waals surface area contributed by atoms with Gasteiger partial charge in [-0.3, -0.25) is 0 Å². The number of hydrogen-bond acceptors (Lipinski definition) is 11. The van der Waals surface area contributed by atoms with Gasteiger partial charge in [-0.15, -0.1) is 21.6 Å². The largest absolute Gasteiger partial charge is 0.396 e. The number of hydrogen-bond donors (Lipinski definition) is 2. The number of aliphatic hydroxyl groups is 1. The third-order valence-corrected chi connectivity index (χ3v) is 6.40. The van der Waals surface area contributed by atoms with E-state index in [0.29, 0.717) is 68.4 Å². The number of nitrogens with two attached hydrogens (primary N) is 1. The molecular formula is C25H37N5O5S. The molecule has 11 heteroatoms. The highest BCUT2D eigenvalue weighted by molar-refractivity contribution is 7.17. The Labute approximate surface area is 217 Å². The summed E-state index contributed by atoms with van der Waals surface area (Å²) in [6, 6.07) is 8.18. The Bertz CT molecular complexity index is 992. The average Bonchev–Trinajstić information content (AvgIpc) is 3.16. The molecule has 0 saturated heterocycles. The van der Waals surface area contributed by atoms with Gasteiger partial charge in [0.2, 0.25) is 0 Å². The highest BCUT2D eigenvalue weighted by atomic mass is 32.1. The van der Waals surface area contributed by atoms with Gasteiger partial charge in [0.05, 0.1) is 70.8 Å². The summed E-state index contributed by atoms with van der Waals surface area (Å²) in [5.74, 6) is 0. The Hall–Kier alpha value is -2.59. The van der Waals surface area contributed by atoms with Gasteiger partial charge in [-0.25, -0.2) is 0 Å². The number of nitriles is 1. The molecule has 198 valence electrons. The molecule has 36 heavy (non-hydrogen) atoms. The van der Waals surface area contributed by atoms with Crippen LogP contribution in [0, 0.1) is 25.2 Å². The van der Waals surface area contributed by atoms with Gasteiger partial charge in [-0.1, -0.05) is 0 Å². The van der Waals surface area contributed by atoms with Gasteiger partial charge in [0, 0.05) is 24.3 Å². The molecule has 10 nitrogen and oxygen atoms in total. The number of azo groups is 1. The summed E-state index contributed by atoms with van der Waals surface area (Å²) in [4.78, 5) is 2.80. The van der Waals surface area contributed by atoms with Crippen molar-refractivity contribution in [3.8, 4) is 6.07 Å². The van der Waals surface area contributed by atoms with Crippen LogP contribution in [0.15, 0.2) is 28.4 Å². The molecule has 0 atom stereocenters. The van der Waals surface area contributed by atoms with E-state index in [2.05, 4.69) is 34.2 Å². The zero-order valence-corrected chi connectivity index (χ0v) is 22.2. The smallest absolute Gasteiger partial charge is 0.163 e. The fourth-order valence-electron chi connectivity index (χ4n) is 3.21. The van der Waals surface area contributed by atoms with Crippen molar-refractivity contribution in [1.29, 1.82) is 5.26 Å². The van der Waals surface area contributed by atoms with Crippen LogP contribution >= 0.6 is 11.3 Å². The van der Waals surface area contributed by atoms with Crippen LogP contribution < -0.4 is 10.6 Å². The Morgan fingerprint density at radius 1 is 0.972 bits per heavy atom. The lowest BCUT2D eigenvalue weighted by molar-refractivity contribution is -0.00488. The number of anilines is 2. The second kappa shape index (κ2) is 17.0. The van der Waals surface area contributed by atoms with E-state index in [1.54, 1.807) is 0 Å². The molecule has 3 N–H and O–H groups in total. The van der Waals surface area contributed by atoms with E-state index in [9.17, 15) is 0 Å². The van der Waals surface area contributed by atoms with Crippen molar-refractivity contribution in [2.75, 3.05) is 83.2 Å². The number of nitrogen functional groups attached to an aromatic ring is 1. The van der Waals surface area contributed by atoms with Crippen molar-refractivity contribution in [3.05, 3.63) is 34.2 Å². The van der Waals surface area contributed by atoms with E-state index < -0.39 is 0 Å². The molecule has 0 amide bonds. The lowest BCUT2D eigenvalue weighted by Gasteiger charge is -2.23. The molecule has 0 radical (unpaired) electrons. The molecule has 0 spiro atoms. The highest BCUT2D eigenvalue weighted by Crippen LogP contribution is 2.38. The van der Waals surface area contributed by atoms with Crippen LogP contribution in [0.25, 0.3) is 0 Å². The maximum Gasteiger partial charge on any atom is 0.163 e. The van der Waals surface area contributed by atoms with Crippen LogP contribution in [0.5, 0.6) is 0 Å². The molecule has 0 unspecified atom stereocenters. The Kier molecular flexibility index (Phi) is 14.0. The second-order valence-corrected chi connectivity index (χ2v) is 8.81. The van der Waals surface area contributed by atoms with E-state index in [4.69, 9.17) is 35.0 Å². The lowest BCUT2D eigenvalue weighted by Crippen LogP contribution is -2.27. The Morgan fingerprint density at radius 2 is 1.58 bits per heavy atom. The van der Waals surface area contributed by atoms with Crippen molar-refractivity contribution in [2.45, 2.75) is 20.8 Å². The quantitative estimate of drug-likeness (QED) is 0.222. The number of benzene rings is 1. The average molecular weight is 520 g/mol. The highest BCUT2D eigenvalue weighted by Gasteiger charge is 2.12. The topological polar surface area (TPSA) is 135 Å². The number of nitrogens with zero attached hydrogens (tertiary/aromatic N) is 4. The van der Waals surface area contributed by atoms with Gasteiger partial charge in [-0.2, -0.15) is 5.26 Å². The normalized spacial score (nSPS) is 11.3. The predicted octanol–water partition coefficient (Wildman–Crippen LogP) is 4.12. The van der Waals surface area contributed by atoms with Crippen LogP contribution in [0.2, 0.25) is 0 Å². The third-order valence-electron chi connectivity index (χ3n) is 5.31. The zero-order valence-electron chi connectivity index (χ0n) is 21.4.